The van der Waals surface area contributed by atoms with Crippen molar-refractivity contribution < 1.29 is 9.90 Å². The number of carbonyl (C=O) groups is 1. The lowest BCUT2D eigenvalue weighted by atomic mass is 9.96. The van der Waals surface area contributed by atoms with Gasteiger partial charge in [-0.2, -0.15) is 0 Å². The fourth-order valence-electron chi connectivity index (χ4n) is 1.95. The maximum Gasteiger partial charge on any atom is 0.337 e. The summed E-state index contributed by atoms with van der Waals surface area (Å²) in [4.78, 5) is 14.9. The van der Waals surface area contributed by atoms with Crippen LogP contribution in [0.5, 0.6) is 0 Å². The molecule has 0 aliphatic carbocycles. The van der Waals surface area contributed by atoms with E-state index < -0.39 is 5.97 Å². The number of aromatic nitrogens is 1. The Labute approximate surface area is 112 Å². The van der Waals surface area contributed by atoms with E-state index >= 15 is 0 Å². The monoisotopic (exact) mass is 255 g/mol. The van der Waals surface area contributed by atoms with Crippen LogP contribution in [0.2, 0.25) is 0 Å². The molecule has 1 unspecified atom stereocenters. The smallest absolute Gasteiger partial charge is 0.337 e. The third kappa shape index (κ3) is 2.99. The maximum atomic E-state index is 10.9. The molecule has 2 rings (SSSR count). The van der Waals surface area contributed by atoms with Gasteiger partial charge in [0.25, 0.3) is 0 Å². The Morgan fingerprint density at radius 1 is 1.21 bits per heavy atom. The highest BCUT2D eigenvalue weighted by molar-refractivity contribution is 5.88. The summed E-state index contributed by atoms with van der Waals surface area (Å²) in [6, 6.07) is 9.87. The predicted molar refractivity (Wildman–Crippen MR) is 75.3 cm³/mol. The first kappa shape index (κ1) is 13.3. The van der Waals surface area contributed by atoms with Crippen molar-refractivity contribution in [3.63, 3.8) is 0 Å². The van der Waals surface area contributed by atoms with Gasteiger partial charge in [0.1, 0.15) is 0 Å². The summed E-state index contributed by atoms with van der Waals surface area (Å²) < 4.78 is 0. The number of hydrogen-bond acceptors (Lipinski definition) is 2. The van der Waals surface area contributed by atoms with Gasteiger partial charge in [-0.15, -0.1) is 0 Å². The lowest BCUT2D eigenvalue weighted by Gasteiger charge is -2.10. The Morgan fingerprint density at radius 3 is 2.47 bits per heavy atom. The topological polar surface area (TPSA) is 50.2 Å². The highest BCUT2D eigenvalue weighted by atomic mass is 16.4. The standard InChI is InChI=1S/C16H17NO2/c1-3-11(2)12-4-6-13(7-5-12)14-8-15(16(18)19)10-17-9-14/h4-11H,3H2,1-2H3,(H,18,19). The maximum absolute atomic E-state index is 10.9. The zero-order chi connectivity index (χ0) is 13.8. The first-order valence-corrected chi connectivity index (χ1v) is 6.40. The lowest BCUT2D eigenvalue weighted by Crippen LogP contribution is -1.97. The first-order chi connectivity index (χ1) is 9.11. The van der Waals surface area contributed by atoms with Crippen molar-refractivity contribution in [2.75, 3.05) is 0 Å². The molecule has 0 spiro atoms. The molecule has 0 bridgehead atoms. The van der Waals surface area contributed by atoms with E-state index in [2.05, 4.69) is 31.0 Å². The molecule has 1 aromatic carbocycles. The van der Waals surface area contributed by atoms with E-state index in [-0.39, 0.29) is 5.56 Å². The summed E-state index contributed by atoms with van der Waals surface area (Å²) in [5.41, 5.74) is 3.33. The molecule has 3 heteroatoms. The van der Waals surface area contributed by atoms with Gasteiger partial charge in [0, 0.05) is 18.0 Å². The molecule has 0 aliphatic rings. The molecule has 19 heavy (non-hydrogen) atoms. The molecule has 0 saturated heterocycles. The molecule has 1 atom stereocenters. The molecule has 0 aliphatic heterocycles. The Hall–Kier alpha value is -2.16. The van der Waals surface area contributed by atoms with Gasteiger partial charge in [0.15, 0.2) is 0 Å². The molecule has 98 valence electrons. The number of carboxylic acids is 1. The van der Waals surface area contributed by atoms with Crippen LogP contribution in [0, 0.1) is 0 Å². The second-order valence-electron chi connectivity index (χ2n) is 4.70. The number of hydrogen-bond donors (Lipinski definition) is 1. The minimum Gasteiger partial charge on any atom is -0.478 e. The molecular weight excluding hydrogens is 238 g/mol. The molecule has 1 aromatic heterocycles. The quantitative estimate of drug-likeness (QED) is 0.899. The van der Waals surface area contributed by atoms with Crippen LogP contribution in [0.3, 0.4) is 0 Å². The van der Waals surface area contributed by atoms with E-state index in [1.54, 1.807) is 12.3 Å². The van der Waals surface area contributed by atoms with Crippen LogP contribution >= 0.6 is 0 Å². The van der Waals surface area contributed by atoms with Crippen molar-refractivity contribution in [3.05, 3.63) is 53.9 Å². The van der Waals surface area contributed by atoms with Crippen LogP contribution in [0.1, 0.15) is 42.1 Å². The molecule has 0 saturated carbocycles. The summed E-state index contributed by atoms with van der Waals surface area (Å²) in [6.45, 7) is 4.36. The van der Waals surface area contributed by atoms with Crippen LogP contribution in [0.4, 0.5) is 0 Å². The molecule has 0 fully saturated rings. The van der Waals surface area contributed by atoms with Gasteiger partial charge in [-0.05, 0) is 29.5 Å². The summed E-state index contributed by atoms with van der Waals surface area (Å²) >= 11 is 0. The second kappa shape index (κ2) is 5.65. The molecular formula is C16H17NO2. The Bertz CT molecular complexity index is 576. The highest BCUT2D eigenvalue weighted by Crippen LogP contribution is 2.24. The summed E-state index contributed by atoms with van der Waals surface area (Å²) in [5.74, 6) is -0.414. The summed E-state index contributed by atoms with van der Waals surface area (Å²) in [7, 11) is 0. The Balaban J connectivity index is 2.32. The van der Waals surface area contributed by atoms with E-state index in [9.17, 15) is 4.79 Å². The fourth-order valence-corrected chi connectivity index (χ4v) is 1.95. The van der Waals surface area contributed by atoms with Gasteiger partial charge in [-0.3, -0.25) is 4.98 Å². The summed E-state index contributed by atoms with van der Waals surface area (Å²) in [5, 5.41) is 8.96. The Morgan fingerprint density at radius 2 is 1.89 bits per heavy atom. The predicted octanol–water partition coefficient (Wildman–Crippen LogP) is 3.96. The average Bonchev–Trinajstić information content (AvgIpc) is 2.46. The molecule has 1 N–H and O–H groups in total. The van der Waals surface area contributed by atoms with Crippen LogP contribution in [-0.4, -0.2) is 16.1 Å². The zero-order valence-corrected chi connectivity index (χ0v) is 11.1. The van der Waals surface area contributed by atoms with Crippen LogP contribution in [-0.2, 0) is 0 Å². The summed E-state index contributed by atoms with van der Waals surface area (Å²) in [6.07, 6.45) is 4.15. The minimum atomic E-state index is -0.953. The van der Waals surface area contributed by atoms with Gasteiger partial charge in [-0.25, -0.2) is 4.79 Å². The Kier molecular flexibility index (Phi) is 3.95. The largest absolute Gasteiger partial charge is 0.478 e. The van der Waals surface area contributed by atoms with Gasteiger partial charge < -0.3 is 5.11 Å². The number of benzene rings is 1. The van der Waals surface area contributed by atoms with E-state index in [0.717, 1.165) is 17.5 Å². The van der Waals surface area contributed by atoms with Crippen LogP contribution in [0.25, 0.3) is 11.1 Å². The van der Waals surface area contributed by atoms with Crippen molar-refractivity contribution in [2.24, 2.45) is 0 Å². The normalized spacial score (nSPS) is 12.1. The van der Waals surface area contributed by atoms with Gasteiger partial charge in [-0.1, -0.05) is 38.1 Å². The van der Waals surface area contributed by atoms with Gasteiger partial charge in [0.05, 0.1) is 5.56 Å². The molecule has 0 amide bonds. The fraction of sp³-hybridized carbons (Fsp3) is 0.250. The number of rotatable bonds is 4. The zero-order valence-electron chi connectivity index (χ0n) is 11.1. The van der Waals surface area contributed by atoms with Gasteiger partial charge in [0.2, 0.25) is 0 Å². The number of aromatic carboxylic acids is 1. The number of nitrogens with zero attached hydrogens (tertiary/aromatic N) is 1. The van der Waals surface area contributed by atoms with Crippen molar-refractivity contribution in [3.8, 4) is 11.1 Å². The number of carboxylic acid groups (broad SMARTS) is 1. The third-order valence-electron chi connectivity index (χ3n) is 3.41. The highest BCUT2D eigenvalue weighted by Gasteiger charge is 2.07. The average molecular weight is 255 g/mol. The van der Waals surface area contributed by atoms with E-state index in [0.29, 0.717) is 5.92 Å². The van der Waals surface area contributed by atoms with E-state index in [1.165, 1.54) is 11.8 Å². The van der Waals surface area contributed by atoms with Crippen LogP contribution < -0.4 is 0 Å². The van der Waals surface area contributed by atoms with Gasteiger partial charge >= 0.3 is 5.97 Å². The molecule has 3 nitrogen and oxygen atoms in total. The van der Waals surface area contributed by atoms with Crippen molar-refractivity contribution in [2.45, 2.75) is 26.2 Å². The van der Waals surface area contributed by atoms with E-state index in [1.807, 2.05) is 12.1 Å². The molecule has 0 radical (unpaired) electrons. The van der Waals surface area contributed by atoms with E-state index in [4.69, 9.17) is 5.11 Å². The lowest BCUT2D eigenvalue weighted by molar-refractivity contribution is 0.0696. The molecule has 1 heterocycles. The third-order valence-corrected chi connectivity index (χ3v) is 3.41. The SMILES string of the molecule is CCC(C)c1ccc(-c2cncc(C(=O)O)c2)cc1. The van der Waals surface area contributed by atoms with Crippen LogP contribution in [0.15, 0.2) is 42.7 Å². The van der Waals surface area contributed by atoms with Crippen molar-refractivity contribution in [1.29, 1.82) is 0 Å². The van der Waals surface area contributed by atoms with Crippen molar-refractivity contribution >= 4 is 5.97 Å². The second-order valence-corrected chi connectivity index (χ2v) is 4.70. The minimum absolute atomic E-state index is 0.212. The van der Waals surface area contributed by atoms with Crippen molar-refractivity contribution in [1.82, 2.24) is 4.98 Å². The molecule has 2 aromatic rings. The first-order valence-electron chi connectivity index (χ1n) is 6.40. The number of pyridine rings is 1.